The van der Waals surface area contributed by atoms with E-state index in [2.05, 4.69) is 0 Å². The summed E-state index contributed by atoms with van der Waals surface area (Å²) in [4.78, 5) is 0. The zero-order valence-electron chi connectivity index (χ0n) is 9.42. The first-order valence-electron chi connectivity index (χ1n) is 5.02. The third kappa shape index (κ3) is 5.25. The molecule has 1 aromatic rings. The number of hydrogen-bond donors (Lipinski definition) is 0. The molecule has 0 heterocycles. The molecule has 0 spiro atoms. The van der Waals surface area contributed by atoms with Gasteiger partial charge in [0.25, 0.3) is 10.1 Å². The summed E-state index contributed by atoms with van der Waals surface area (Å²) >= 11 is 0. The molecule has 1 aromatic carbocycles. The maximum Gasteiger partial charge on any atom is 0.292 e. The predicted molar refractivity (Wildman–Crippen MR) is 61.2 cm³/mol. The van der Waals surface area contributed by atoms with E-state index in [4.69, 9.17) is 8.92 Å². The van der Waals surface area contributed by atoms with Crippen molar-refractivity contribution in [3.8, 4) is 0 Å². The van der Waals surface area contributed by atoms with Crippen LogP contribution in [0.1, 0.15) is 19.4 Å². The average Bonchev–Trinajstić information content (AvgIpc) is 2.16. The number of rotatable bonds is 6. The molecule has 0 aromatic heterocycles. The molecule has 0 saturated heterocycles. The molecule has 0 amide bonds. The molecule has 0 fully saturated rings. The van der Waals surface area contributed by atoms with Crippen LogP contribution in [0.3, 0.4) is 0 Å². The Morgan fingerprint density at radius 1 is 1.19 bits per heavy atom. The van der Waals surface area contributed by atoms with Gasteiger partial charge in [0.15, 0.2) is 5.94 Å². The van der Waals surface area contributed by atoms with E-state index in [1.807, 2.05) is 30.3 Å². The van der Waals surface area contributed by atoms with Crippen molar-refractivity contribution in [3.63, 3.8) is 0 Å². The second-order valence-corrected chi connectivity index (χ2v) is 5.20. The third-order valence-corrected chi connectivity index (χ3v) is 2.81. The van der Waals surface area contributed by atoms with E-state index in [0.717, 1.165) is 5.56 Å². The van der Waals surface area contributed by atoms with Crippen molar-refractivity contribution >= 4 is 10.1 Å². The van der Waals surface area contributed by atoms with Crippen LogP contribution in [-0.2, 0) is 25.6 Å². The lowest BCUT2D eigenvalue weighted by Gasteiger charge is -2.08. The predicted octanol–water partition coefficient (Wildman–Crippen LogP) is 1.92. The van der Waals surface area contributed by atoms with Gasteiger partial charge in [-0.25, -0.2) is 0 Å². The molecule has 4 nitrogen and oxygen atoms in total. The quantitative estimate of drug-likeness (QED) is 0.717. The van der Waals surface area contributed by atoms with E-state index >= 15 is 0 Å². The Kier molecular flexibility index (Phi) is 4.92. The summed E-state index contributed by atoms with van der Waals surface area (Å²) in [6.45, 7) is 3.59. The molecule has 0 aliphatic heterocycles. The number of ether oxygens (including phenoxy) is 1. The molecule has 5 heteroatoms. The Balaban J connectivity index is 2.36. The first kappa shape index (κ1) is 13.2. The standard InChI is InChI=1S/C11H16O4S/c1-10(2)15-16(12,13)9-14-8-11-6-4-3-5-7-11/h3-7,10H,8-9H2,1-2H3. The lowest BCUT2D eigenvalue weighted by molar-refractivity contribution is 0.145. The van der Waals surface area contributed by atoms with Crippen molar-refractivity contribution in [1.29, 1.82) is 0 Å². The average molecular weight is 244 g/mol. The Morgan fingerprint density at radius 2 is 1.81 bits per heavy atom. The summed E-state index contributed by atoms with van der Waals surface area (Å²) < 4.78 is 32.4. The van der Waals surface area contributed by atoms with Crippen LogP contribution < -0.4 is 0 Å². The van der Waals surface area contributed by atoms with E-state index < -0.39 is 16.1 Å². The molecular weight excluding hydrogens is 228 g/mol. The SMILES string of the molecule is CC(C)OS(=O)(=O)COCc1ccccc1. The highest BCUT2D eigenvalue weighted by Gasteiger charge is 2.13. The lowest BCUT2D eigenvalue weighted by atomic mass is 10.2. The first-order valence-corrected chi connectivity index (χ1v) is 6.60. The third-order valence-electron chi connectivity index (χ3n) is 1.68. The molecule has 1 rings (SSSR count). The maximum absolute atomic E-state index is 11.3. The summed E-state index contributed by atoms with van der Waals surface area (Å²) in [6, 6.07) is 9.38. The zero-order chi connectivity index (χ0) is 12.0. The Hall–Kier alpha value is -0.910. The summed E-state index contributed by atoms with van der Waals surface area (Å²) in [6.07, 6.45) is -0.356. The Morgan fingerprint density at radius 3 is 2.38 bits per heavy atom. The molecule has 0 bridgehead atoms. The van der Waals surface area contributed by atoms with Crippen molar-refractivity contribution in [2.75, 3.05) is 5.94 Å². The second-order valence-electron chi connectivity index (χ2n) is 3.65. The van der Waals surface area contributed by atoms with E-state index in [0.29, 0.717) is 0 Å². The van der Waals surface area contributed by atoms with Gasteiger partial charge < -0.3 is 4.74 Å². The van der Waals surface area contributed by atoms with Crippen LogP contribution in [0, 0.1) is 0 Å². The van der Waals surface area contributed by atoms with Gasteiger partial charge >= 0.3 is 0 Å². The Bertz CT molecular complexity index is 397. The molecule has 90 valence electrons. The number of hydrogen-bond acceptors (Lipinski definition) is 4. The van der Waals surface area contributed by atoms with Crippen LogP contribution in [0.25, 0.3) is 0 Å². The topological polar surface area (TPSA) is 52.6 Å². The highest BCUT2D eigenvalue weighted by Crippen LogP contribution is 2.04. The number of benzene rings is 1. The van der Waals surface area contributed by atoms with Crippen LogP contribution in [-0.4, -0.2) is 20.5 Å². The minimum absolute atomic E-state index is 0.265. The maximum atomic E-state index is 11.3. The molecule has 0 unspecified atom stereocenters. The van der Waals surface area contributed by atoms with Gasteiger partial charge in [-0.05, 0) is 19.4 Å². The molecule has 0 aliphatic rings. The van der Waals surface area contributed by atoms with Crippen molar-refractivity contribution in [2.45, 2.75) is 26.6 Å². The van der Waals surface area contributed by atoms with Crippen LogP contribution >= 0.6 is 0 Å². The fourth-order valence-corrected chi connectivity index (χ4v) is 2.09. The molecule has 0 aliphatic carbocycles. The molecule has 0 atom stereocenters. The summed E-state index contributed by atoms with van der Waals surface area (Å²) in [5, 5.41) is 0. The minimum Gasteiger partial charge on any atom is -0.358 e. The zero-order valence-corrected chi connectivity index (χ0v) is 10.2. The van der Waals surface area contributed by atoms with Crippen LogP contribution in [0.2, 0.25) is 0 Å². The van der Waals surface area contributed by atoms with Crippen molar-refractivity contribution in [1.82, 2.24) is 0 Å². The summed E-state index contributed by atoms with van der Waals surface area (Å²) in [7, 11) is -3.57. The van der Waals surface area contributed by atoms with Gasteiger partial charge in [0, 0.05) is 0 Å². The molecular formula is C11H16O4S. The smallest absolute Gasteiger partial charge is 0.292 e. The van der Waals surface area contributed by atoms with Gasteiger partial charge in [0.05, 0.1) is 12.7 Å². The molecule has 0 radical (unpaired) electrons. The molecule has 16 heavy (non-hydrogen) atoms. The first-order chi connectivity index (χ1) is 7.49. The van der Waals surface area contributed by atoms with Crippen LogP contribution in [0.5, 0.6) is 0 Å². The van der Waals surface area contributed by atoms with Crippen LogP contribution in [0.4, 0.5) is 0 Å². The van der Waals surface area contributed by atoms with Gasteiger partial charge in [-0.2, -0.15) is 8.42 Å². The van der Waals surface area contributed by atoms with Gasteiger partial charge in [-0.1, -0.05) is 30.3 Å². The van der Waals surface area contributed by atoms with Crippen LogP contribution in [0.15, 0.2) is 30.3 Å². The monoisotopic (exact) mass is 244 g/mol. The molecule has 0 saturated carbocycles. The van der Waals surface area contributed by atoms with Gasteiger partial charge in [-0.3, -0.25) is 4.18 Å². The fourth-order valence-electron chi connectivity index (χ4n) is 1.16. The van der Waals surface area contributed by atoms with Gasteiger partial charge in [0.2, 0.25) is 0 Å². The minimum atomic E-state index is -3.57. The van der Waals surface area contributed by atoms with Crippen molar-refractivity contribution in [2.24, 2.45) is 0 Å². The van der Waals surface area contributed by atoms with Gasteiger partial charge in [-0.15, -0.1) is 0 Å². The normalized spacial score (nSPS) is 11.9. The van der Waals surface area contributed by atoms with Crippen molar-refractivity contribution in [3.05, 3.63) is 35.9 Å². The Labute approximate surface area is 96.3 Å². The van der Waals surface area contributed by atoms with Gasteiger partial charge in [0.1, 0.15) is 0 Å². The summed E-state index contributed by atoms with van der Waals surface area (Å²) in [5.41, 5.74) is 0.933. The molecule has 0 N–H and O–H groups in total. The highest BCUT2D eigenvalue weighted by atomic mass is 32.2. The fraction of sp³-hybridized carbons (Fsp3) is 0.455. The highest BCUT2D eigenvalue weighted by molar-refractivity contribution is 7.86. The summed E-state index contributed by atoms with van der Waals surface area (Å²) in [5.74, 6) is -0.417. The largest absolute Gasteiger partial charge is 0.358 e. The second kappa shape index (κ2) is 5.98. The van der Waals surface area contributed by atoms with E-state index in [9.17, 15) is 8.42 Å². The van der Waals surface area contributed by atoms with Crippen molar-refractivity contribution < 1.29 is 17.3 Å². The lowest BCUT2D eigenvalue weighted by Crippen LogP contribution is -2.17. The van der Waals surface area contributed by atoms with E-state index in [1.165, 1.54) is 0 Å². The van der Waals surface area contributed by atoms with E-state index in [1.54, 1.807) is 13.8 Å². The van der Waals surface area contributed by atoms with E-state index in [-0.39, 0.29) is 12.7 Å².